The van der Waals surface area contributed by atoms with E-state index in [0.717, 1.165) is 16.8 Å². The molecule has 3 aromatic rings. The molecule has 0 radical (unpaired) electrons. The summed E-state index contributed by atoms with van der Waals surface area (Å²) in [5.74, 6) is -6.05. The number of hydrogen-bond acceptors (Lipinski definition) is 4. The van der Waals surface area contributed by atoms with Crippen LogP contribution in [0.5, 0.6) is 0 Å². The van der Waals surface area contributed by atoms with E-state index in [9.17, 15) is 27.9 Å². The van der Waals surface area contributed by atoms with Gasteiger partial charge in [-0.1, -0.05) is 11.6 Å². The SMILES string of the molecule is Nc1nc(-n2cc(C(=O)O)c(=O)c3cc(F)c(I)c(Cl)c32)c(F)cc1F. The van der Waals surface area contributed by atoms with Gasteiger partial charge in [-0.25, -0.2) is 22.9 Å². The maximum atomic E-state index is 14.3. The number of anilines is 1. The lowest BCUT2D eigenvalue weighted by Gasteiger charge is -2.15. The molecule has 0 fully saturated rings. The van der Waals surface area contributed by atoms with Gasteiger partial charge in [-0.05, 0) is 28.7 Å². The number of benzene rings is 1. The molecule has 11 heteroatoms. The first-order valence-electron chi connectivity index (χ1n) is 6.71. The summed E-state index contributed by atoms with van der Waals surface area (Å²) in [7, 11) is 0. The van der Waals surface area contributed by atoms with Gasteiger partial charge in [0, 0.05) is 12.3 Å². The second-order valence-corrected chi connectivity index (χ2v) is 6.55. The summed E-state index contributed by atoms with van der Waals surface area (Å²) >= 11 is 7.67. The standard InChI is InChI=1S/C15H6ClF3IN3O3/c16-9-10(20)6(17)1-4-11(9)23(3-5(12(4)24)15(25)26)14-8(19)2-7(18)13(21)22-14/h1-3H,(H2,21,22)(H,25,26). The van der Waals surface area contributed by atoms with Gasteiger partial charge in [-0.2, -0.15) is 0 Å². The van der Waals surface area contributed by atoms with Gasteiger partial charge in [0.1, 0.15) is 11.4 Å². The smallest absolute Gasteiger partial charge is 0.341 e. The molecule has 0 bridgehead atoms. The number of fused-ring (bicyclic) bond motifs is 1. The molecule has 3 N–H and O–H groups in total. The molecule has 0 aliphatic carbocycles. The zero-order valence-electron chi connectivity index (χ0n) is 12.4. The second-order valence-electron chi connectivity index (χ2n) is 5.09. The Morgan fingerprint density at radius 1 is 1.23 bits per heavy atom. The molecule has 134 valence electrons. The van der Waals surface area contributed by atoms with E-state index < -0.39 is 51.4 Å². The summed E-state index contributed by atoms with van der Waals surface area (Å²) in [5, 5.41) is 8.55. The molecule has 1 aromatic carbocycles. The Hall–Kier alpha value is -2.34. The van der Waals surface area contributed by atoms with Crippen molar-refractivity contribution in [1.82, 2.24) is 9.55 Å². The molecule has 0 aliphatic heterocycles. The minimum Gasteiger partial charge on any atom is -0.477 e. The summed E-state index contributed by atoms with van der Waals surface area (Å²) in [5.41, 5.74) is 3.37. The zero-order valence-corrected chi connectivity index (χ0v) is 15.3. The van der Waals surface area contributed by atoms with Crippen LogP contribution in [0.3, 0.4) is 0 Å². The Balaban J connectivity index is 2.59. The van der Waals surface area contributed by atoms with Crippen LogP contribution in [-0.4, -0.2) is 20.6 Å². The number of carboxylic acid groups (broad SMARTS) is 1. The highest BCUT2D eigenvalue weighted by atomic mass is 127. The van der Waals surface area contributed by atoms with E-state index in [1.165, 1.54) is 0 Å². The Bertz CT molecular complexity index is 1170. The molecule has 0 aliphatic rings. The van der Waals surface area contributed by atoms with Gasteiger partial charge < -0.3 is 10.8 Å². The van der Waals surface area contributed by atoms with Crippen molar-refractivity contribution in [2.75, 3.05) is 5.73 Å². The van der Waals surface area contributed by atoms with Crippen LogP contribution in [0.4, 0.5) is 19.0 Å². The van der Waals surface area contributed by atoms with Gasteiger partial charge in [0.2, 0.25) is 5.43 Å². The Morgan fingerprint density at radius 3 is 2.50 bits per heavy atom. The van der Waals surface area contributed by atoms with Crippen LogP contribution in [0, 0.1) is 21.0 Å². The number of nitrogens with two attached hydrogens (primary N) is 1. The number of pyridine rings is 2. The van der Waals surface area contributed by atoms with Crippen molar-refractivity contribution in [3.63, 3.8) is 0 Å². The van der Waals surface area contributed by atoms with Crippen LogP contribution in [0.1, 0.15) is 10.4 Å². The number of nitrogens with zero attached hydrogens (tertiary/aromatic N) is 2. The number of aromatic carboxylic acids is 1. The van der Waals surface area contributed by atoms with Gasteiger partial charge in [0.25, 0.3) is 0 Å². The minimum absolute atomic E-state index is 0.0801. The first-order valence-corrected chi connectivity index (χ1v) is 8.17. The highest BCUT2D eigenvalue weighted by Gasteiger charge is 2.23. The van der Waals surface area contributed by atoms with Crippen molar-refractivity contribution in [3.05, 3.63) is 60.2 Å². The maximum absolute atomic E-state index is 14.3. The Kier molecular flexibility index (Phi) is 4.56. The molecule has 0 spiro atoms. The molecule has 26 heavy (non-hydrogen) atoms. The number of rotatable bonds is 2. The van der Waals surface area contributed by atoms with Gasteiger partial charge in [0.05, 0.1) is 19.5 Å². The third-order valence-electron chi connectivity index (χ3n) is 3.52. The fraction of sp³-hybridized carbons (Fsp3) is 0. The second kappa shape index (κ2) is 6.43. The number of carboxylic acids is 1. The van der Waals surface area contributed by atoms with E-state index in [4.69, 9.17) is 17.3 Å². The number of hydrogen-bond donors (Lipinski definition) is 2. The summed E-state index contributed by atoms with van der Waals surface area (Å²) < 4.78 is 42.4. The summed E-state index contributed by atoms with van der Waals surface area (Å²) in [6.45, 7) is 0. The van der Waals surface area contributed by atoms with Crippen LogP contribution in [0.25, 0.3) is 16.7 Å². The van der Waals surface area contributed by atoms with Crippen LogP contribution >= 0.6 is 34.2 Å². The molecule has 0 amide bonds. The van der Waals surface area contributed by atoms with Gasteiger partial charge in [-0.3, -0.25) is 9.36 Å². The number of aromatic nitrogens is 2. The zero-order chi connectivity index (χ0) is 19.3. The monoisotopic (exact) mass is 495 g/mol. The van der Waals surface area contributed by atoms with E-state index in [1.807, 2.05) is 0 Å². The van der Waals surface area contributed by atoms with E-state index in [-0.39, 0.29) is 14.1 Å². The van der Waals surface area contributed by atoms with Crippen LogP contribution in [0.15, 0.2) is 23.1 Å². The molecule has 0 unspecified atom stereocenters. The minimum atomic E-state index is -1.63. The third-order valence-corrected chi connectivity index (χ3v) is 5.26. The van der Waals surface area contributed by atoms with Gasteiger partial charge in [-0.15, -0.1) is 0 Å². The fourth-order valence-electron chi connectivity index (χ4n) is 2.35. The van der Waals surface area contributed by atoms with E-state index in [2.05, 4.69) is 4.98 Å². The predicted molar refractivity (Wildman–Crippen MR) is 96.3 cm³/mol. The quantitative estimate of drug-likeness (QED) is 0.420. The molecular formula is C15H6ClF3IN3O3. The lowest BCUT2D eigenvalue weighted by molar-refractivity contribution is 0.0695. The average molecular weight is 496 g/mol. The largest absolute Gasteiger partial charge is 0.477 e. The molecule has 0 saturated heterocycles. The Labute approximate surface area is 161 Å². The van der Waals surface area contributed by atoms with Crippen LogP contribution in [0.2, 0.25) is 5.02 Å². The normalized spacial score (nSPS) is 11.1. The first kappa shape index (κ1) is 18.5. The highest BCUT2D eigenvalue weighted by Crippen LogP contribution is 2.32. The molecule has 3 rings (SSSR count). The van der Waals surface area contributed by atoms with Crippen LogP contribution < -0.4 is 11.2 Å². The molecular weight excluding hydrogens is 490 g/mol. The molecule has 0 saturated carbocycles. The van der Waals surface area contributed by atoms with Gasteiger partial charge in [0.15, 0.2) is 23.3 Å². The Morgan fingerprint density at radius 2 is 1.88 bits per heavy atom. The number of nitrogen functional groups attached to an aromatic ring is 1. The number of carbonyl (C=O) groups is 1. The summed E-state index contributed by atoms with van der Waals surface area (Å²) in [6.07, 6.45) is 0.773. The lowest BCUT2D eigenvalue weighted by Crippen LogP contribution is -2.20. The van der Waals surface area contributed by atoms with Crippen molar-refractivity contribution < 1.29 is 23.1 Å². The molecule has 6 nitrogen and oxygen atoms in total. The van der Waals surface area contributed by atoms with Crippen molar-refractivity contribution in [1.29, 1.82) is 0 Å². The summed E-state index contributed by atoms with van der Waals surface area (Å²) in [6, 6.07) is 1.24. The van der Waals surface area contributed by atoms with Gasteiger partial charge >= 0.3 is 5.97 Å². The van der Waals surface area contributed by atoms with E-state index in [1.54, 1.807) is 22.6 Å². The molecule has 2 heterocycles. The molecule has 0 atom stereocenters. The van der Waals surface area contributed by atoms with Crippen molar-refractivity contribution in [3.8, 4) is 5.82 Å². The topological polar surface area (TPSA) is 98.2 Å². The average Bonchev–Trinajstić information content (AvgIpc) is 2.57. The molecule has 2 aromatic heterocycles. The van der Waals surface area contributed by atoms with Crippen molar-refractivity contribution in [2.45, 2.75) is 0 Å². The fourth-order valence-corrected chi connectivity index (χ4v) is 3.04. The van der Waals surface area contributed by atoms with E-state index in [0.29, 0.717) is 6.07 Å². The maximum Gasteiger partial charge on any atom is 0.341 e. The highest BCUT2D eigenvalue weighted by molar-refractivity contribution is 14.1. The predicted octanol–water partition coefficient (Wildman–Crippen LogP) is 3.34. The first-order chi connectivity index (χ1) is 12.1. The van der Waals surface area contributed by atoms with Crippen molar-refractivity contribution >= 4 is 56.9 Å². The summed E-state index contributed by atoms with van der Waals surface area (Å²) in [4.78, 5) is 27.3. The number of halogens is 5. The van der Waals surface area contributed by atoms with Crippen molar-refractivity contribution in [2.24, 2.45) is 0 Å². The van der Waals surface area contributed by atoms with E-state index >= 15 is 0 Å². The van der Waals surface area contributed by atoms with Crippen LogP contribution in [-0.2, 0) is 0 Å². The lowest BCUT2D eigenvalue weighted by atomic mass is 10.1. The third kappa shape index (κ3) is 2.78.